The Kier molecular flexibility index (Phi) is 4.84. The van der Waals surface area contributed by atoms with Gasteiger partial charge < -0.3 is 5.73 Å². The maximum Gasteiger partial charge on any atom is 0.284 e. The zero-order valence-electron chi connectivity index (χ0n) is 9.81. The maximum atomic E-state index is 10.8. The minimum Gasteiger partial charge on any atom is -0.327 e. The predicted molar refractivity (Wildman–Crippen MR) is 72.7 cm³/mol. The molecule has 0 aliphatic heterocycles. The van der Waals surface area contributed by atoms with Crippen molar-refractivity contribution in [2.45, 2.75) is 13.8 Å². The first-order valence-corrected chi connectivity index (χ1v) is 6.09. The minimum atomic E-state index is -0.404. The molecule has 0 fully saturated rings. The molecule has 0 saturated carbocycles. The van der Waals surface area contributed by atoms with Gasteiger partial charge in [0.05, 0.1) is 9.40 Å². The van der Waals surface area contributed by atoms with E-state index in [2.05, 4.69) is 15.9 Å². The Morgan fingerprint density at radius 3 is 2.71 bits per heavy atom. The summed E-state index contributed by atoms with van der Waals surface area (Å²) in [5, 5.41) is 10.8. The van der Waals surface area contributed by atoms with Crippen LogP contribution in [0.4, 0.5) is 5.69 Å². The lowest BCUT2D eigenvalue weighted by Gasteiger charge is -2.08. The molecule has 0 saturated heterocycles. The van der Waals surface area contributed by atoms with Crippen LogP contribution in [0.2, 0.25) is 0 Å². The van der Waals surface area contributed by atoms with E-state index in [-0.39, 0.29) is 5.69 Å². The normalized spacial score (nSPS) is 11.9. The molecule has 0 spiro atoms. The topological polar surface area (TPSA) is 69.2 Å². The average molecular weight is 299 g/mol. The van der Waals surface area contributed by atoms with Crippen LogP contribution in [0.15, 0.2) is 28.2 Å². The lowest BCUT2D eigenvalue weighted by Crippen LogP contribution is -2.08. The van der Waals surface area contributed by atoms with Crippen molar-refractivity contribution in [1.29, 1.82) is 0 Å². The first-order valence-electron chi connectivity index (χ1n) is 5.30. The SMILES string of the molecule is CC(C)C(=Cc1ccc(Br)c([N+](=O)[O-])c1)CN. The summed E-state index contributed by atoms with van der Waals surface area (Å²) in [6.07, 6.45) is 1.91. The largest absolute Gasteiger partial charge is 0.327 e. The number of nitro groups is 1. The van der Waals surface area contributed by atoms with Gasteiger partial charge in [-0.2, -0.15) is 0 Å². The lowest BCUT2D eigenvalue weighted by atomic mass is 10.0. The molecule has 5 heteroatoms. The molecule has 0 aliphatic rings. The van der Waals surface area contributed by atoms with Crippen molar-refractivity contribution in [3.8, 4) is 0 Å². The molecule has 0 atom stereocenters. The van der Waals surface area contributed by atoms with E-state index < -0.39 is 4.92 Å². The van der Waals surface area contributed by atoms with Gasteiger partial charge in [0.1, 0.15) is 0 Å². The van der Waals surface area contributed by atoms with Gasteiger partial charge in [-0.3, -0.25) is 10.1 Å². The van der Waals surface area contributed by atoms with Crippen LogP contribution in [0.3, 0.4) is 0 Å². The van der Waals surface area contributed by atoms with Crippen LogP contribution in [-0.2, 0) is 0 Å². The molecule has 0 aromatic heterocycles. The summed E-state index contributed by atoms with van der Waals surface area (Å²) in [6.45, 7) is 4.56. The number of nitro benzene ring substituents is 1. The molecule has 17 heavy (non-hydrogen) atoms. The molecule has 4 nitrogen and oxygen atoms in total. The van der Waals surface area contributed by atoms with E-state index in [1.54, 1.807) is 12.1 Å². The Hall–Kier alpha value is -1.20. The third-order valence-electron chi connectivity index (χ3n) is 2.50. The van der Waals surface area contributed by atoms with Gasteiger partial charge in [0, 0.05) is 12.6 Å². The molecule has 0 aliphatic carbocycles. The maximum absolute atomic E-state index is 10.8. The van der Waals surface area contributed by atoms with E-state index in [1.165, 1.54) is 0 Å². The number of rotatable bonds is 4. The smallest absolute Gasteiger partial charge is 0.284 e. The van der Waals surface area contributed by atoms with Gasteiger partial charge in [0.2, 0.25) is 0 Å². The number of nitrogens with zero attached hydrogens (tertiary/aromatic N) is 1. The Bertz CT molecular complexity index is 456. The van der Waals surface area contributed by atoms with E-state index in [4.69, 9.17) is 5.73 Å². The molecular formula is C12H15BrN2O2. The lowest BCUT2D eigenvalue weighted by molar-refractivity contribution is -0.385. The quantitative estimate of drug-likeness (QED) is 0.684. The van der Waals surface area contributed by atoms with Crippen molar-refractivity contribution in [3.05, 3.63) is 43.9 Å². The Morgan fingerprint density at radius 2 is 2.24 bits per heavy atom. The molecular weight excluding hydrogens is 284 g/mol. The van der Waals surface area contributed by atoms with Crippen LogP contribution < -0.4 is 5.73 Å². The van der Waals surface area contributed by atoms with Crippen LogP contribution in [0, 0.1) is 16.0 Å². The zero-order chi connectivity index (χ0) is 13.0. The first-order chi connectivity index (χ1) is 7.95. The second-order valence-corrected chi connectivity index (χ2v) is 4.90. The summed E-state index contributed by atoms with van der Waals surface area (Å²) < 4.78 is 0.485. The summed E-state index contributed by atoms with van der Waals surface area (Å²) in [6, 6.07) is 5.05. The third kappa shape index (κ3) is 3.64. The molecule has 0 radical (unpaired) electrons. The number of benzene rings is 1. The van der Waals surface area contributed by atoms with Crippen molar-refractivity contribution >= 4 is 27.7 Å². The highest BCUT2D eigenvalue weighted by Gasteiger charge is 2.12. The number of nitrogens with two attached hydrogens (primary N) is 1. The molecule has 1 aromatic rings. The highest BCUT2D eigenvalue weighted by atomic mass is 79.9. The van der Waals surface area contributed by atoms with Crippen molar-refractivity contribution in [2.24, 2.45) is 11.7 Å². The molecule has 0 heterocycles. The van der Waals surface area contributed by atoms with Crippen molar-refractivity contribution in [3.63, 3.8) is 0 Å². The molecule has 1 aromatic carbocycles. The monoisotopic (exact) mass is 298 g/mol. The van der Waals surface area contributed by atoms with Gasteiger partial charge >= 0.3 is 0 Å². The van der Waals surface area contributed by atoms with E-state index >= 15 is 0 Å². The van der Waals surface area contributed by atoms with Crippen LogP contribution >= 0.6 is 15.9 Å². The summed E-state index contributed by atoms with van der Waals surface area (Å²) >= 11 is 3.16. The van der Waals surface area contributed by atoms with Crippen LogP contribution in [0.5, 0.6) is 0 Å². The standard InChI is InChI=1S/C12H15BrN2O2/c1-8(2)10(7-14)5-9-3-4-11(13)12(6-9)15(16)17/h3-6,8H,7,14H2,1-2H3. The van der Waals surface area contributed by atoms with Gasteiger partial charge in [0.15, 0.2) is 0 Å². The first kappa shape index (κ1) is 13.9. The second-order valence-electron chi connectivity index (χ2n) is 4.05. The van der Waals surface area contributed by atoms with Crippen LogP contribution in [0.1, 0.15) is 19.4 Å². The average Bonchev–Trinajstić information content (AvgIpc) is 2.27. The Labute approximate surface area is 109 Å². The van der Waals surface area contributed by atoms with Crippen molar-refractivity contribution in [1.82, 2.24) is 0 Å². The van der Waals surface area contributed by atoms with Crippen molar-refractivity contribution in [2.75, 3.05) is 6.54 Å². The molecule has 92 valence electrons. The fourth-order valence-corrected chi connectivity index (χ4v) is 1.83. The van der Waals surface area contributed by atoms with E-state index in [1.807, 2.05) is 26.0 Å². The molecule has 1 rings (SSSR count). The van der Waals surface area contributed by atoms with Crippen LogP contribution in [0.25, 0.3) is 6.08 Å². The third-order valence-corrected chi connectivity index (χ3v) is 3.17. The van der Waals surface area contributed by atoms with Crippen molar-refractivity contribution < 1.29 is 4.92 Å². The second kappa shape index (κ2) is 5.93. The fraction of sp³-hybridized carbons (Fsp3) is 0.333. The summed E-state index contributed by atoms with van der Waals surface area (Å²) in [5.74, 6) is 0.336. The van der Waals surface area contributed by atoms with Crippen LogP contribution in [-0.4, -0.2) is 11.5 Å². The highest BCUT2D eigenvalue weighted by Crippen LogP contribution is 2.27. The van der Waals surface area contributed by atoms with Gasteiger partial charge in [-0.25, -0.2) is 0 Å². The molecule has 0 unspecified atom stereocenters. The van der Waals surface area contributed by atoms with E-state index in [0.29, 0.717) is 16.9 Å². The molecule has 2 N–H and O–H groups in total. The van der Waals surface area contributed by atoms with E-state index in [0.717, 1.165) is 11.1 Å². The Morgan fingerprint density at radius 1 is 1.59 bits per heavy atom. The summed E-state index contributed by atoms with van der Waals surface area (Å²) in [4.78, 5) is 10.4. The summed E-state index contributed by atoms with van der Waals surface area (Å²) in [5.41, 5.74) is 7.58. The number of halogens is 1. The van der Waals surface area contributed by atoms with E-state index in [9.17, 15) is 10.1 Å². The van der Waals surface area contributed by atoms with Gasteiger partial charge in [-0.15, -0.1) is 0 Å². The minimum absolute atomic E-state index is 0.0684. The summed E-state index contributed by atoms with van der Waals surface area (Å²) in [7, 11) is 0. The number of hydrogen-bond donors (Lipinski definition) is 1. The predicted octanol–water partition coefficient (Wildman–Crippen LogP) is 3.36. The van der Waals surface area contributed by atoms with Gasteiger partial charge in [-0.1, -0.05) is 31.6 Å². The van der Waals surface area contributed by atoms with Gasteiger partial charge in [0.25, 0.3) is 5.69 Å². The molecule has 0 bridgehead atoms. The highest BCUT2D eigenvalue weighted by molar-refractivity contribution is 9.10. The number of hydrogen-bond acceptors (Lipinski definition) is 3. The van der Waals surface area contributed by atoms with Gasteiger partial charge in [-0.05, 0) is 33.5 Å². The zero-order valence-corrected chi connectivity index (χ0v) is 11.4. The Balaban J connectivity index is 3.16. The molecule has 0 amide bonds. The fourth-order valence-electron chi connectivity index (χ4n) is 1.43.